The summed E-state index contributed by atoms with van der Waals surface area (Å²) in [5.74, 6) is 2.25. The first-order valence-corrected chi connectivity index (χ1v) is 11.7. The van der Waals surface area contributed by atoms with E-state index < -0.39 is 0 Å². The minimum Gasteiger partial charge on any atom is -0.368 e. The first-order chi connectivity index (χ1) is 16.6. The maximum atomic E-state index is 13.0. The van der Waals surface area contributed by atoms with E-state index in [1.807, 2.05) is 41.3 Å². The SMILES string of the molecule is O=C(c1cn(-c2ccc(-c3nc(C4CC4)no3)cn2)cn1)N1CCN(c2cccc(Cl)c2)CC1. The molecular formula is C24H22ClN7O2. The van der Waals surface area contributed by atoms with Crippen molar-refractivity contribution in [3.63, 3.8) is 0 Å². The molecule has 0 atom stereocenters. The summed E-state index contributed by atoms with van der Waals surface area (Å²) in [7, 11) is 0. The molecule has 1 amide bonds. The molecule has 0 spiro atoms. The van der Waals surface area contributed by atoms with Crippen LogP contribution < -0.4 is 4.90 Å². The first kappa shape index (κ1) is 20.9. The molecule has 172 valence electrons. The van der Waals surface area contributed by atoms with Gasteiger partial charge >= 0.3 is 0 Å². The van der Waals surface area contributed by atoms with Gasteiger partial charge in [0.15, 0.2) is 5.82 Å². The fraction of sp³-hybridized carbons (Fsp3) is 0.292. The third-order valence-electron chi connectivity index (χ3n) is 6.19. The largest absolute Gasteiger partial charge is 0.368 e. The standard InChI is InChI=1S/C24H22ClN7O2/c25-18-2-1-3-19(12-18)30-8-10-31(11-9-30)24(33)20-14-32(15-27-20)21-7-6-17(13-26-21)23-28-22(29-34-23)16-4-5-16/h1-3,6-7,12-16H,4-5,8-11H2. The molecule has 2 fully saturated rings. The number of rotatable bonds is 5. The van der Waals surface area contributed by atoms with Crippen LogP contribution >= 0.6 is 11.6 Å². The third-order valence-corrected chi connectivity index (χ3v) is 6.42. The van der Waals surface area contributed by atoms with Gasteiger partial charge < -0.3 is 14.3 Å². The van der Waals surface area contributed by atoms with Crippen LogP contribution in [0.1, 0.15) is 35.1 Å². The van der Waals surface area contributed by atoms with Gasteiger partial charge in [0.05, 0.1) is 5.56 Å². The Morgan fingerprint density at radius 2 is 1.91 bits per heavy atom. The Morgan fingerprint density at radius 1 is 1.06 bits per heavy atom. The molecule has 2 aliphatic rings. The van der Waals surface area contributed by atoms with Crippen molar-refractivity contribution in [2.45, 2.75) is 18.8 Å². The molecule has 34 heavy (non-hydrogen) atoms. The van der Waals surface area contributed by atoms with Gasteiger partial charge in [0.2, 0.25) is 0 Å². The second-order valence-corrected chi connectivity index (χ2v) is 9.00. The molecule has 0 radical (unpaired) electrons. The van der Waals surface area contributed by atoms with E-state index in [4.69, 9.17) is 16.1 Å². The first-order valence-electron chi connectivity index (χ1n) is 11.3. The lowest BCUT2D eigenvalue weighted by Crippen LogP contribution is -2.48. The van der Waals surface area contributed by atoms with Crippen molar-refractivity contribution in [3.8, 4) is 17.3 Å². The third kappa shape index (κ3) is 4.14. The summed E-state index contributed by atoms with van der Waals surface area (Å²) in [5, 5.41) is 4.76. The van der Waals surface area contributed by atoms with Crippen LogP contribution in [0.15, 0.2) is 59.6 Å². The van der Waals surface area contributed by atoms with Crippen LogP contribution in [0.2, 0.25) is 5.02 Å². The van der Waals surface area contributed by atoms with Crippen LogP contribution in [0.25, 0.3) is 17.3 Å². The van der Waals surface area contributed by atoms with E-state index in [1.165, 1.54) is 0 Å². The molecule has 1 saturated carbocycles. The zero-order valence-corrected chi connectivity index (χ0v) is 19.1. The summed E-state index contributed by atoms with van der Waals surface area (Å²) in [5.41, 5.74) is 2.23. The van der Waals surface area contributed by atoms with Gasteiger partial charge in [0.1, 0.15) is 17.8 Å². The summed E-state index contributed by atoms with van der Waals surface area (Å²) < 4.78 is 7.10. The molecule has 1 aromatic carbocycles. The maximum Gasteiger partial charge on any atom is 0.274 e. The minimum atomic E-state index is -0.0837. The summed E-state index contributed by atoms with van der Waals surface area (Å²) in [4.78, 5) is 30.3. The topological polar surface area (TPSA) is 93.2 Å². The summed E-state index contributed by atoms with van der Waals surface area (Å²) >= 11 is 6.11. The minimum absolute atomic E-state index is 0.0837. The number of anilines is 1. The van der Waals surface area contributed by atoms with Crippen LogP contribution in [0, 0.1) is 0 Å². The highest BCUT2D eigenvalue weighted by atomic mass is 35.5. The Hall–Kier alpha value is -3.72. The van der Waals surface area contributed by atoms with Gasteiger partial charge in [-0.3, -0.25) is 9.36 Å². The van der Waals surface area contributed by atoms with Crippen molar-refractivity contribution in [2.24, 2.45) is 0 Å². The summed E-state index contributed by atoms with van der Waals surface area (Å²) in [6.07, 6.45) is 7.25. The highest BCUT2D eigenvalue weighted by Crippen LogP contribution is 2.38. The van der Waals surface area contributed by atoms with Gasteiger partial charge in [-0.2, -0.15) is 4.98 Å². The smallest absolute Gasteiger partial charge is 0.274 e. The van der Waals surface area contributed by atoms with E-state index in [9.17, 15) is 4.79 Å². The average molecular weight is 476 g/mol. The number of hydrogen-bond acceptors (Lipinski definition) is 7. The van der Waals surface area contributed by atoms with Gasteiger partial charge in [-0.05, 0) is 43.2 Å². The number of imidazole rings is 1. The van der Waals surface area contributed by atoms with E-state index in [2.05, 4.69) is 25.0 Å². The fourth-order valence-corrected chi connectivity index (χ4v) is 4.27. The number of carbonyl (C=O) groups is 1. The van der Waals surface area contributed by atoms with Crippen LogP contribution in [0.5, 0.6) is 0 Å². The van der Waals surface area contributed by atoms with Gasteiger partial charge in [0.25, 0.3) is 11.8 Å². The van der Waals surface area contributed by atoms with Gasteiger partial charge in [-0.15, -0.1) is 0 Å². The lowest BCUT2D eigenvalue weighted by atomic mass is 10.2. The predicted molar refractivity (Wildman–Crippen MR) is 126 cm³/mol. The highest BCUT2D eigenvalue weighted by Gasteiger charge is 2.29. The number of benzene rings is 1. The molecular weight excluding hydrogens is 454 g/mol. The number of halogens is 1. The molecule has 3 aromatic heterocycles. The normalized spacial score (nSPS) is 16.1. The Balaban J connectivity index is 1.10. The molecule has 4 heterocycles. The van der Waals surface area contributed by atoms with Crippen molar-refractivity contribution in [1.82, 2.24) is 29.6 Å². The van der Waals surface area contributed by atoms with Crippen molar-refractivity contribution in [3.05, 3.63) is 71.7 Å². The zero-order chi connectivity index (χ0) is 23.1. The second-order valence-electron chi connectivity index (χ2n) is 8.56. The highest BCUT2D eigenvalue weighted by molar-refractivity contribution is 6.30. The van der Waals surface area contributed by atoms with Crippen LogP contribution in [-0.4, -0.2) is 61.7 Å². The van der Waals surface area contributed by atoms with E-state index >= 15 is 0 Å². The van der Waals surface area contributed by atoms with Crippen LogP contribution in [0.3, 0.4) is 0 Å². The molecule has 1 aliphatic carbocycles. The monoisotopic (exact) mass is 475 g/mol. The quantitative estimate of drug-likeness (QED) is 0.433. The number of piperazine rings is 1. The van der Waals surface area contributed by atoms with Gasteiger partial charge in [-0.25, -0.2) is 9.97 Å². The van der Waals surface area contributed by atoms with Crippen LogP contribution in [-0.2, 0) is 0 Å². The van der Waals surface area contributed by atoms with Gasteiger partial charge in [-0.1, -0.05) is 22.8 Å². The van der Waals surface area contributed by atoms with Crippen LogP contribution in [0.4, 0.5) is 5.69 Å². The molecule has 1 saturated heterocycles. The van der Waals surface area contributed by atoms with Crippen molar-refractivity contribution in [2.75, 3.05) is 31.1 Å². The predicted octanol–water partition coefficient (Wildman–Crippen LogP) is 3.81. The number of nitrogens with zero attached hydrogens (tertiary/aromatic N) is 7. The number of aromatic nitrogens is 5. The van der Waals surface area contributed by atoms with Gasteiger partial charge in [0, 0.05) is 55.2 Å². The zero-order valence-electron chi connectivity index (χ0n) is 18.3. The summed E-state index contributed by atoms with van der Waals surface area (Å²) in [6.45, 7) is 2.73. The lowest BCUT2D eigenvalue weighted by molar-refractivity contribution is 0.0741. The number of carbonyl (C=O) groups excluding carboxylic acids is 1. The molecule has 0 unspecified atom stereocenters. The number of hydrogen-bond donors (Lipinski definition) is 0. The van der Waals surface area contributed by atoms with Crippen molar-refractivity contribution < 1.29 is 9.32 Å². The molecule has 9 nitrogen and oxygen atoms in total. The molecule has 1 aliphatic heterocycles. The Bertz CT molecular complexity index is 1320. The Labute approximate surface area is 201 Å². The Morgan fingerprint density at radius 3 is 2.65 bits per heavy atom. The second kappa shape index (κ2) is 8.57. The van der Waals surface area contributed by atoms with Crippen molar-refractivity contribution in [1.29, 1.82) is 0 Å². The number of amides is 1. The summed E-state index contributed by atoms with van der Waals surface area (Å²) in [6, 6.07) is 11.5. The van der Waals surface area contributed by atoms with E-state index in [-0.39, 0.29) is 5.91 Å². The van der Waals surface area contributed by atoms with E-state index in [1.54, 1.807) is 23.3 Å². The maximum absolute atomic E-state index is 13.0. The van der Waals surface area contributed by atoms with Crippen molar-refractivity contribution >= 4 is 23.2 Å². The Kier molecular flexibility index (Phi) is 5.26. The van der Waals surface area contributed by atoms with E-state index in [0.717, 1.165) is 43.0 Å². The molecule has 4 aromatic rings. The average Bonchev–Trinajstić information content (AvgIpc) is 3.40. The fourth-order valence-electron chi connectivity index (χ4n) is 4.09. The molecule has 10 heteroatoms. The molecule has 0 N–H and O–H groups in total. The molecule has 6 rings (SSSR count). The molecule has 0 bridgehead atoms. The van der Waals surface area contributed by atoms with E-state index in [0.29, 0.717) is 41.4 Å². The number of pyridine rings is 1. The lowest BCUT2D eigenvalue weighted by Gasteiger charge is -2.35.